The van der Waals surface area contributed by atoms with Crippen LogP contribution in [0.25, 0.3) is 0 Å². The lowest BCUT2D eigenvalue weighted by Crippen LogP contribution is -2.36. The zero-order chi connectivity index (χ0) is 16.0. The molecule has 3 N–H and O–H groups in total. The zero-order valence-corrected chi connectivity index (χ0v) is 13.5. The molecule has 0 aliphatic rings. The molecule has 0 radical (unpaired) electrons. The molecule has 0 aliphatic heterocycles. The fourth-order valence-electron chi connectivity index (χ4n) is 1.34. The summed E-state index contributed by atoms with van der Waals surface area (Å²) in [4.78, 5) is 23.1. The molecule has 2 amide bonds. The number of carbonyl (C=O) groups is 2. The van der Waals surface area contributed by atoms with E-state index in [1.54, 1.807) is 38.1 Å². The van der Waals surface area contributed by atoms with E-state index in [-0.39, 0.29) is 28.8 Å². The molecule has 5 nitrogen and oxygen atoms in total. The van der Waals surface area contributed by atoms with Crippen molar-refractivity contribution < 1.29 is 9.59 Å². The van der Waals surface area contributed by atoms with E-state index in [9.17, 15) is 9.59 Å². The average molecular weight is 307 g/mol. The SMILES string of the molecule is CC(C)C(=O)NC(=S)Nc1ccc(NC(=O)C(C)C)cc1. The molecule has 0 bridgehead atoms. The maximum absolute atomic E-state index is 11.6. The minimum Gasteiger partial charge on any atom is -0.332 e. The van der Waals surface area contributed by atoms with E-state index in [0.29, 0.717) is 0 Å². The lowest BCUT2D eigenvalue weighted by Gasteiger charge is -2.12. The molecule has 0 aromatic heterocycles. The van der Waals surface area contributed by atoms with Crippen LogP contribution in [0.1, 0.15) is 27.7 Å². The molecule has 21 heavy (non-hydrogen) atoms. The summed E-state index contributed by atoms with van der Waals surface area (Å²) < 4.78 is 0. The molecule has 0 atom stereocenters. The van der Waals surface area contributed by atoms with Gasteiger partial charge in [0.25, 0.3) is 0 Å². The van der Waals surface area contributed by atoms with Crippen LogP contribution in [0, 0.1) is 11.8 Å². The summed E-state index contributed by atoms with van der Waals surface area (Å²) in [6.07, 6.45) is 0. The molecule has 0 saturated heterocycles. The molecule has 1 rings (SSSR count). The highest BCUT2D eigenvalue weighted by Gasteiger charge is 2.09. The first-order valence-electron chi connectivity index (χ1n) is 6.82. The Morgan fingerprint density at radius 2 is 1.29 bits per heavy atom. The van der Waals surface area contributed by atoms with Crippen LogP contribution in [-0.4, -0.2) is 16.9 Å². The zero-order valence-electron chi connectivity index (χ0n) is 12.7. The number of rotatable bonds is 4. The summed E-state index contributed by atoms with van der Waals surface area (Å²) in [5.41, 5.74) is 1.46. The van der Waals surface area contributed by atoms with Crippen molar-refractivity contribution in [3.63, 3.8) is 0 Å². The molecule has 0 spiro atoms. The van der Waals surface area contributed by atoms with Crippen LogP contribution in [0.5, 0.6) is 0 Å². The van der Waals surface area contributed by atoms with E-state index in [0.717, 1.165) is 11.4 Å². The highest BCUT2D eigenvalue weighted by Crippen LogP contribution is 2.14. The predicted octanol–water partition coefficient (Wildman–Crippen LogP) is 2.75. The van der Waals surface area contributed by atoms with E-state index in [2.05, 4.69) is 16.0 Å². The summed E-state index contributed by atoms with van der Waals surface area (Å²) >= 11 is 5.06. The van der Waals surface area contributed by atoms with E-state index in [1.807, 2.05) is 13.8 Å². The second kappa shape index (κ2) is 7.73. The molecule has 0 fully saturated rings. The number of benzene rings is 1. The first-order chi connectivity index (χ1) is 9.79. The highest BCUT2D eigenvalue weighted by atomic mass is 32.1. The van der Waals surface area contributed by atoms with Crippen molar-refractivity contribution in [3.05, 3.63) is 24.3 Å². The summed E-state index contributed by atoms with van der Waals surface area (Å²) in [5, 5.41) is 8.58. The van der Waals surface area contributed by atoms with Crippen LogP contribution in [0.15, 0.2) is 24.3 Å². The van der Waals surface area contributed by atoms with Crippen molar-refractivity contribution >= 4 is 40.5 Å². The molecule has 0 saturated carbocycles. The maximum Gasteiger partial charge on any atom is 0.228 e. The van der Waals surface area contributed by atoms with Crippen molar-refractivity contribution in [3.8, 4) is 0 Å². The van der Waals surface area contributed by atoms with Crippen LogP contribution in [0.4, 0.5) is 11.4 Å². The van der Waals surface area contributed by atoms with Gasteiger partial charge in [-0.3, -0.25) is 9.59 Å². The quantitative estimate of drug-likeness (QED) is 0.748. The highest BCUT2D eigenvalue weighted by molar-refractivity contribution is 7.80. The lowest BCUT2D eigenvalue weighted by molar-refractivity contribution is -0.122. The van der Waals surface area contributed by atoms with Crippen molar-refractivity contribution in [1.82, 2.24) is 5.32 Å². The predicted molar refractivity (Wildman–Crippen MR) is 89.1 cm³/mol. The van der Waals surface area contributed by atoms with Crippen molar-refractivity contribution in [2.24, 2.45) is 11.8 Å². The summed E-state index contributed by atoms with van der Waals surface area (Å²) in [6.45, 7) is 7.26. The van der Waals surface area contributed by atoms with Crippen LogP contribution < -0.4 is 16.0 Å². The fourth-order valence-corrected chi connectivity index (χ4v) is 1.56. The van der Waals surface area contributed by atoms with Gasteiger partial charge < -0.3 is 16.0 Å². The number of anilines is 2. The van der Waals surface area contributed by atoms with Crippen molar-refractivity contribution in [1.29, 1.82) is 0 Å². The van der Waals surface area contributed by atoms with E-state index in [4.69, 9.17) is 12.2 Å². The van der Waals surface area contributed by atoms with E-state index in [1.165, 1.54) is 0 Å². The Morgan fingerprint density at radius 3 is 1.71 bits per heavy atom. The monoisotopic (exact) mass is 307 g/mol. The van der Waals surface area contributed by atoms with Gasteiger partial charge in [-0.15, -0.1) is 0 Å². The Hall–Kier alpha value is -1.95. The third-order valence-electron chi connectivity index (χ3n) is 2.70. The normalized spacial score (nSPS) is 10.4. The minimum atomic E-state index is -0.131. The smallest absolute Gasteiger partial charge is 0.228 e. The molecule has 0 heterocycles. The largest absolute Gasteiger partial charge is 0.332 e. The Morgan fingerprint density at radius 1 is 0.857 bits per heavy atom. The molecular formula is C15H21N3O2S. The van der Waals surface area contributed by atoms with Gasteiger partial charge in [0, 0.05) is 23.2 Å². The van der Waals surface area contributed by atoms with Gasteiger partial charge >= 0.3 is 0 Å². The topological polar surface area (TPSA) is 70.2 Å². The molecule has 1 aromatic carbocycles. The summed E-state index contributed by atoms with van der Waals surface area (Å²) in [7, 11) is 0. The van der Waals surface area contributed by atoms with Gasteiger partial charge in [-0.25, -0.2) is 0 Å². The van der Waals surface area contributed by atoms with E-state index < -0.39 is 0 Å². The van der Waals surface area contributed by atoms with Gasteiger partial charge in [0.15, 0.2) is 5.11 Å². The Labute approximate surface area is 130 Å². The number of nitrogens with one attached hydrogen (secondary N) is 3. The summed E-state index contributed by atoms with van der Waals surface area (Å²) in [5.74, 6) is -0.358. The molecular weight excluding hydrogens is 286 g/mol. The van der Waals surface area contributed by atoms with Gasteiger partial charge in [-0.2, -0.15) is 0 Å². The third kappa shape index (κ3) is 5.91. The van der Waals surface area contributed by atoms with Gasteiger partial charge in [0.1, 0.15) is 0 Å². The average Bonchev–Trinajstić information content (AvgIpc) is 2.40. The Kier molecular flexibility index (Phi) is 6.30. The number of thiocarbonyl (C=S) groups is 1. The Bertz CT molecular complexity index is 524. The maximum atomic E-state index is 11.6. The summed E-state index contributed by atoms with van der Waals surface area (Å²) in [6, 6.07) is 7.11. The first kappa shape index (κ1) is 17.1. The fraction of sp³-hybridized carbons (Fsp3) is 0.400. The Balaban J connectivity index is 2.57. The molecule has 0 unspecified atom stereocenters. The van der Waals surface area contributed by atoms with E-state index >= 15 is 0 Å². The van der Waals surface area contributed by atoms with Crippen LogP contribution in [-0.2, 0) is 9.59 Å². The molecule has 1 aromatic rings. The van der Waals surface area contributed by atoms with Crippen LogP contribution in [0.2, 0.25) is 0 Å². The van der Waals surface area contributed by atoms with Gasteiger partial charge in [0.05, 0.1) is 0 Å². The van der Waals surface area contributed by atoms with Gasteiger partial charge in [-0.1, -0.05) is 27.7 Å². The second-order valence-electron chi connectivity index (χ2n) is 5.32. The third-order valence-corrected chi connectivity index (χ3v) is 2.90. The number of amides is 2. The van der Waals surface area contributed by atoms with Crippen molar-refractivity contribution in [2.75, 3.05) is 10.6 Å². The molecule has 6 heteroatoms. The van der Waals surface area contributed by atoms with Crippen molar-refractivity contribution in [2.45, 2.75) is 27.7 Å². The number of carbonyl (C=O) groups excluding carboxylic acids is 2. The molecule has 114 valence electrons. The standard InChI is InChI=1S/C15H21N3O2S/c1-9(2)13(19)16-11-5-7-12(8-6-11)17-15(21)18-14(20)10(3)4/h5-10H,1-4H3,(H,16,19)(H2,17,18,20,21). The van der Waals surface area contributed by atoms with Gasteiger partial charge in [0.2, 0.25) is 11.8 Å². The lowest BCUT2D eigenvalue weighted by atomic mass is 10.2. The number of hydrogen-bond donors (Lipinski definition) is 3. The number of hydrogen-bond acceptors (Lipinski definition) is 3. The molecule has 0 aliphatic carbocycles. The van der Waals surface area contributed by atoms with Crippen LogP contribution >= 0.6 is 12.2 Å². The van der Waals surface area contributed by atoms with Gasteiger partial charge in [-0.05, 0) is 36.5 Å². The second-order valence-corrected chi connectivity index (χ2v) is 5.73. The minimum absolute atomic E-state index is 0.0320. The first-order valence-corrected chi connectivity index (χ1v) is 7.23. The van der Waals surface area contributed by atoms with Crippen LogP contribution in [0.3, 0.4) is 0 Å².